The van der Waals surface area contributed by atoms with E-state index in [-0.39, 0.29) is 11.4 Å². The molecule has 4 rings (SSSR count). The number of rotatable bonds is 5. The number of azo groups is 1. The lowest BCUT2D eigenvalue weighted by Gasteiger charge is -2.08. The van der Waals surface area contributed by atoms with Crippen LogP contribution in [0.15, 0.2) is 64.8 Å². The quantitative estimate of drug-likeness (QED) is 0.202. The summed E-state index contributed by atoms with van der Waals surface area (Å²) in [5.74, 6) is -4.14. The fourth-order valence-electron chi connectivity index (χ4n) is 2.71. The number of thiophene rings is 1. The van der Waals surface area contributed by atoms with E-state index in [0.29, 0.717) is 26.1 Å². The van der Waals surface area contributed by atoms with Gasteiger partial charge >= 0.3 is 24.2 Å². The Morgan fingerprint density at radius 3 is 1.78 bits per heavy atom. The summed E-state index contributed by atoms with van der Waals surface area (Å²) in [7, 11) is 0. The van der Waals surface area contributed by atoms with Gasteiger partial charge in [-0.3, -0.25) is 9.59 Å². The third-order valence-corrected chi connectivity index (χ3v) is 6.46. The number of carbonyl (C=O) groups is 2. The second-order valence-electron chi connectivity index (χ2n) is 7.00. The van der Waals surface area contributed by atoms with Crippen molar-refractivity contribution in [3.8, 4) is 10.6 Å². The number of amides is 2. The summed E-state index contributed by atoms with van der Waals surface area (Å²) in [5, 5.41) is 12.7. The molecule has 0 saturated heterocycles. The Kier molecular flexibility index (Phi) is 6.77. The summed E-state index contributed by atoms with van der Waals surface area (Å²) in [4.78, 5) is 27.1. The van der Waals surface area contributed by atoms with E-state index in [1.165, 1.54) is 71.2 Å². The second-order valence-corrected chi connectivity index (χ2v) is 9.04. The maximum atomic E-state index is 12.4. The molecule has 15 heteroatoms. The largest absolute Gasteiger partial charge is 0.471 e. The molecule has 0 unspecified atom stereocenters. The average Bonchev–Trinajstić information content (AvgIpc) is 3.37. The van der Waals surface area contributed by atoms with Crippen LogP contribution in [0.1, 0.15) is 0 Å². The number of carbonyl (C=O) groups excluding carboxylic acids is 2. The third-order valence-electron chi connectivity index (χ3n) is 4.37. The molecule has 0 aliphatic rings. The fraction of sp³-hybridized carbons (Fsp3) is 0.0952. The van der Waals surface area contributed by atoms with Gasteiger partial charge in [0.1, 0.15) is 14.8 Å². The zero-order chi connectivity index (χ0) is 26.1. The lowest BCUT2D eigenvalue weighted by Crippen LogP contribution is -2.29. The Bertz CT molecular complexity index is 1410. The maximum Gasteiger partial charge on any atom is 0.471 e. The van der Waals surface area contributed by atoms with Crippen molar-refractivity contribution in [3.63, 3.8) is 0 Å². The van der Waals surface area contributed by atoms with E-state index in [9.17, 15) is 35.9 Å². The fourth-order valence-corrected chi connectivity index (χ4v) is 4.75. The van der Waals surface area contributed by atoms with Crippen molar-refractivity contribution in [2.75, 3.05) is 10.6 Å². The van der Waals surface area contributed by atoms with Crippen molar-refractivity contribution in [2.45, 2.75) is 12.4 Å². The molecule has 0 spiro atoms. The van der Waals surface area contributed by atoms with Crippen LogP contribution in [0.2, 0.25) is 0 Å². The second kappa shape index (κ2) is 9.66. The van der Waals surface area contributed by atoms with E-state index in [4.69, 9.17) is 0 Å². The summed E-state index contributed by atoms with van der Waals surface area (Å²) in [6.45, 7) is 0. The minimum absolute atomic E-state index is 0.00194. The van der Waals surface area contributed by atoms with Gasteiger partial charge in [0.25, 0.3) is 0 Å². The van der Waals surface area contributed by atoms with Crippen LogP contribution in [-0.4, -0.2) is 29.2 Å². The van der Waals surface area contributed by atoms with E-state index < -0.39 is 24.2 Å². The summed E-state index contributed by atoms with van der Waals surface area (Å²) in [5.41, 5.74) is 0.954. The summed E-state index contributed by atoms with van der Waals surface area (Å²) in [6.07, 6.45) is -9.97. The predicted molar refractivity (Wildman–Crippen MR) is 123 cm³/mol. The van der Waals surface area contributed by atoms with Crippen LogP contribution in [0, 0.1) is 0 Å². The standard InChI is InChI=1S/C21H11F6N5O2S2/c22-20(23,24)18(33)28-11-3-1-10(2-4-11)16-30-17-14(35-16)9-15(36-17)32-31-13-7-5-12(6-8-13)29-19(34)21(25,26)27/h1-9H,(H,28,33)(H,29,34). The highest BCUT2D eigenvalue weighted by atomic mass is 32.1. The number of benzene rings is 2. The van der Waals surface area contributed by atoms with Gasteiger partial charge < -0.3 is 10.6 Å². The highest BCUT2D eigenvalue weighted by Gasteiger charge is 2.39. The van der Waals surface area contributed by atoms with Crippen LogP contribution in [0.25, 0.3) is 20.1 Å². The number of hydrogen-bond acceptors (Lipinski definition) is 7. The van der Waals surface area contributed by atoms with Crippen molar-refractivity contribution < 1.29 is 35.9 Å². The third kappa shape index (κ3) is 6.04. The topological polar surface area (TPSA) is 95.8 Å². The number of aromatic nitrogens is 1. The molecule has 0 saturated carbocycles. The molecule has 186 valence electrons. The Hall–Kier alpha value is -3.85. The van der Waals surface area contributed by atoms with Gasteiger partial charge in [0, 0.05) is 16.9 Å². The number of nitrogens with one attached hydrogen (secondary N) is 2. The molecule has 36 heavy (non-hydrogen) atoms. The summed E-state index contributed by atoms with van der Waals surface area (Å²) >= 11 is 2.56. The first-order valence-electron chi connectivity index (χ1n) is 9.67. The minimum atomic E-state index is -4.99. The van der Waals surface area contributed by atoms with Crippen molar-refractivity contribution in [1.29, 1.82) is 0 Å². The zero-order valence-electron chi connectivity index (χ0n) is 17.4. The lowest BCUT2D eigenvalue weighted by molar-refractivity contribution is -0.167. The van der Waals surface area contributed by atoms with Crippen molar-refractivity contribution in [1.82, 2.24) is 4.98 Å². The highest BCUT2D eigenvalue weighted by Crippen LogP contribution is 2.39. The van der Waals surface area contributed by atoms with Crippen LogP contribution in [0.4, 0.5) is 48.4 Å². The zero-order valence-corrected chi connectivity index (χ0v) is 19.1. The maximum absolute atomic E-state index is 12.4. The molecule has 2 N–H and O–H groups in total. The summed E-state index contributed by atoms with van der Waals surface area (Å²) in [6, 6.07) is 12.8. The molecule has 4 aromatic rings. The molecule has 0 bridgehead atoms. The van der Waals surface area contributed by atoms with Gasteiger partial charge in [-0.1, -0.05) is 11.3 Å². The van der Waals surface area contributed by atoms with Crippen molar-refractivity contribution in [2.24, 2.45) is 10.2 Å². The number of thiazole rings is 1. The lowest BCUT2D eigenvalue weighted by atomic mass is 10.2. The van der Waals surface area contributed by atoms with Gasteiger partial charge in [0.2, 0.25) is 0 Å². The monoisotopic (exact) mass is 543 g/mol. The Balaban J connectivity index is 1.41. The number of anilines is 2. The summed E-state index contributed by atoms with van der Waals surface area (Å²) < 4.78 is 74.8. The molecule has 0 radical (unpaired) electrons. The van der Waals surface area contributed by atoms with Gasteiger partial charge in [-0.25, -0.2) is 4.98 Å². The highest BCUT2D eigenvalue weighted by molar-refractivity contribution is 7.30. The Morgan fingerprint density at radius 1 is 0.750 bits per heavy atom. The number of alkyl halides is 6. The van der Waals surface area contributed by atoms with Crippen LogP contribution in [0.3, 0.4) is 0 Å². The first kappa shape index (κ1) is 25.2. The van der Waals surface area contributed by atoms with E-state index in [1.807, 2.05) is 0 Å². The number of nitrogens with zero attached hydrogens (tertiary/aromatic N) is 3. The van der Waals surface area contributed by atoms with Gasteiger partial charge in [0.05, 0.1) is 10.4 Å². The number of hydrogen-bond donors (Lipinski definition) is 2. The van der Waals surface area contributed by atoms with E-state index >= 15 is 0 Å². The van der Waals surface area contributed by atoms with Gasteiger partial charge in [0.15, 0.2) is 0 Å². The first-order chi connectivity index (χ1) is 16.9. The van der Waals surface area contributed by atoms with Gasteiger partial charge in [-0.05, 0) is 54.6 Å². The van der Waals surface area contributed by atoms with Crippen molar-refractivity contribution >= 4 is 66.1 Å². The molecule has 2 aromatic carbocycles. The van der Waals surface area contributed by atoms with Gasteiger partial charge in [-0.15, -0.1) is 21.6 Å². The SMILES string of the molecule is O=C(Nc1ccc(N=Nc2cc3sc(-c4ccc(NC(=O)C(F)(F)F)cc4)nc3s2)cc1)C(F)(F)F. The first-order valence-corrected chi connectivity index (χ1v) is 11.3. The molecule has 0 fully saturated rings. The minimum Gasteiger partial charge on any atom is -0.318 e. The van der Waals surface area contributed by atoms with Crippen LogP contribution >= 0.6 is 22.7 Å². The molecule has 7 nitrogen and oxygen atoms in total. The molecule has 0 aliphatic heterocycles. The normalized spacial score (nSPS) is 12.3. The number of halogens is 6. The number of fused-ring (bicyclic) bond motifs is 1. The molecule has 0 aliphatic carbocycles. The molecule has 2 heterocycles. The molecule has 2 aromatic heterocycles. The van der Waals surface area contributed by atoms with E-state index in [0.717, 1.165) is 4.70 Å². The van der Waals surface area contributed by atoms with Crippen LogP contribution in [-0.2, 0) is 9.59 Å². The Labute approximate surface area is 205 Å². The average molecular weight is 543 g/mol. The van der Waals surface area contributed by atoms with Crippen LogP contribution in [0.5, 0.6) is 0 Å². The van der Waals surface area contributed by atoms with Gasteiger partial charge in [-0.2, -0.15) is 26.3 Å². The molecular weight excluding hydrogens is 532 g/mol. The molecule has 0 atom stereocenters. The van der Waals surface area contributed by atoms with Crippen molar-refractivity contribution in [3.05, 3.63) is 54.6 Å². The van der Waals surface area contributed by atoms with Crippen LogP contribution < -0.4 is 10.6 Å². The Morgan fingerprint density at radius 2 is 1.28 bits per heavy atom. The molecular formula is C21H11F6N5O2S2. The predicted octanol–water partition coefficient (Wildman–Crippen LogP) is 7.44. The molecule has 2 amide bonds. The smallest absolute Gasteiger partial charge is 0.318 e. The van der Waals surface area contributed by atoms with E-state index in [2.05, 4.69) is 15.2 Å². The van der Waals surface area contributed by atoms with E-state index in [1.54, 1.807) is 16.7 Å².